The zero-order chi connectivity index (χ0) is 14.1. The van der Waals surface area contributed by atoms with Crippen molar-refractivity contribution in [2.45, 2.75) is 57.9 Å². The van der Waals surface area contributed by atoms with Gasteiger partial charge >= 0.3 is 5.97 Å². The Morgan fingerprint density at radius 3 is 2.90 bits per heavy atom. The van der Waals surface area contributed by atoms with E-state index in [0.717, 1.165) is 49.9 Å². The first-order valence-corrected chi connectivity index (χ1v) is 7.73. The molecule has 1 N–H and O–H groups in total. The van der Waals surface area contributed by atoms with Gasteiger partial charge in [-0.2, -0.15) is 0 Å². The van der Waals surface area contributed by atoms with Gasteiger partial charge < -0.3 is 10.0 Å². The van der Waals surface area contributed by atoms with Crippen molar-refractivity contribution in [1.29, 1.82) is 0 Å². The lowest BCUT2D eigenvalue weighted by Crippen LogP contribution is -2.30. The molecule has 2 aliphatic carbocycles. The highest BCUT2D eigenvalue weighted by Crippen LogP contribution is 2.35. The largest absolute Gasteiger partial charge is 0.478 e. The first kappa shape index (κ1) is 13.4. The van der Waals surface area contributed by atoms with Crippen LogP contribution in [0, 0.1) is 0 Å². The Kier molecular flexibility index (Phi) is 3.64. The standard InChI is InChI=1S/C16H22N2O2/c1-2-3-9-18(12-7-8-12)15-13(16(19)20)10-11-5-4-6-14(11)17-15/h10,12H,2-9H2,1H3,(H,19,20). The van der Waals surface area contributed by atoms with E-state index in [1.165, 1.54) is 12.8 Å². The molecule has 1 saturated carbocycles. The van der Waals surface area contributed by atoms with Crippen molar-refractivity contribution in [3.8, 4) is 0 Å². The van der Waals surface area contributed by atoms with Gasteiger partial charge in [0.15, 0.2) is 0 Å². The molecule has 0 atom stereocenters. The molecule has 0 saturated heterocycles. The van der Waals surface area contributed by atoms with Gasteiger partial charge in [0.25, 0.3) is 0 Å². The van der Waals surface area contributed by atoms with Crippen LogP contribution in [0.25, 0.3) is 0 Å². The molecule has 2 aliphatic rings. The molecule has 0 aliphatic heterocycles. The van der Waals surface area contributed by atoms with E-state index in [-0.39, 0.29) is 0 Å². The molecule has 0 aromatic carbocycles. The van der Waals surface area contributed by atoms with Crippen molar-refractivity contribution in [3.05, 3.63) is 22.9 Å². The normalized spacial score (nSPS) is 17.1. The summed E-state index contributed by atoms with van der Waals surface area (Å²) >= 11 is 0. The number of carboxylic acids is 1. The van der Waals surface area contributed by atoms with Crippen molar-refractivity contribution >= 4 is 11.8 Å². The fourth-order valence-corrected chi connectivity index (χ4v) is 3.01. The number of nitrogens with zero attached hydrogens (tertiary/aromatic N) is 2. The molecular weight excluding hydrogens is 252 g/mol. The number of carbonyl (C=O) groups is 1. The lowest BCUT2D eigenvalue weighted by atomic mass is 10.1. The lowest BCUT2D eigenvalue weighted by molar-refractivity contribution is 0.0697. The Labute approximate surface area is 119 Å². The maximum atomic E-state index is 11.6. The molecule has 0 unspecified atom stereocenters. The highest BCUT2D eigenvalue weighted by molar-refractivity contribution is 5.94. The monoisotopic (exact) mass is 274 g/mol. The fraction of sp³-hybridized carbons (Fsp3) is 0.625. The quantitative estimate of drug-likeness (QED) is 0.866. The van der Waals surface area contributed by atoms with E-state index in [1.54, 1.807) is 0 Å². The maximum Gasteiger partial charge on any atom is 0.339 e. The minimum Gasteiger partial charge on any atom is -0.478 e. The predicted molar refractivity (Wildman–Crippen MR) is 78.5 cm³/mol. The maximum absolute atomic E-state index is 11.6. The smallest absolute Gasteiger partial charge is 0.339 e. The lowest BCUT2D eigenvalue weighted by Gasteiger charge is -2.25. The third-order valence-corrected chi connectivity index (χ3v) is 4.27. The first-order chi connectivity index (χ1) is 9.70. The number of aromatic nitrogens is 1. The van der Waals surface area contributed by atoms with Gasteiger partial charge in [-0.1, -0.05) is 13.3 Å². The summed E-state index contributed by atoms with van der Waals surface area (Å²) in [5, 5.41) is 9.51. The second-order valence-corrected chi connectivity index (χ2v) is 5.90. The third-order valence-electron chi connectivity index (χ3n) is 4.27. The molecule has 0 spiro atoms. The predicted octanol–water partition coefficient (Wildman–Crippen LogP) is 3.04. The topological polar surface area (TPSA) is 53.4 Å². The number of fused-ring (bicyclic) bond motifs is 1. The van der Waals surface area contributed by atoms with Crippen LogP contribution in [0.1, 0.15) is 60.6 Å². The van der Waals surface area contributed by atoms with Gasteiger partial charge in [0.05, 0.1) is 0 Å². The average molecular weight is 274 g/mol. The molecule has 0 radical (unpaired) electrons. The van der Waals surface area contributed by atoms with Crippen LogP contribution in [0.4, 0.5) is 5.82 Å². The van der Waals surface area contributed by atoms with Crippen molar-refractivity contribution < 1.29 is 9.90 Å². The zero-order valence-electron chi connectivity index (χ0n) is 12.1. The molecule has 1 aromatic rings. The summed E-state index contributed by atoms with van der Waals surface area (Å²) in [4.78, 5) is 18.6. The number of aromatic carboxylic acids is 1. The van der Waals surface area contributed by atoms with E-state index in [1.807, 2.05) is 6.07 Å². The molecule has 3 rings (SSSR count). The van der Waals surface area contributed by atoms with E-state index in [4.69, 9.17) is 4.98 Å². The molecule has 0 amide bonds. The van der Waals surface area contributed by atoms with Crippen molar-refractivity contribution in [2.75, 3.05) is 11.4 Å². The van der Waals surface area contributed by atoms with Crippen molar-refractivity contribution in [1.82, 2.24) is 4.98 Å². The summed E-state index contributed by atoms with van der Waals surface area (Å²) in [5.74, 6) is -0.126. The van der Waals surface area contributed by atoms with Gasteiger partial charge in [0.2, 0.25) is 0 Å². The van der Waals surface area contributed by atoms with E-state index >= 15 is 0 Å². The van der Waals surface area contributed by atoms with E-state index < -0.39 is 5.97 Å². The Hall–Kier alpha value is -1.58. The van der Waals surface area contributed by atoms with Crippen LogP contribution in [0.15, 0.2) is 6.07 Å². The van der Waals surface area contributed by atoms with Crippen molar-refractivity contribution in [3.63, 3.8) is 0 Å². The van der Waals surface area contributed by atoms with Crippen LogP contribution in [0.2, 0.25) is 0 Å². The van der Waals surface area contributed by atoms with Crippen LogP contribution >= 0.6 is 0 Å². The van der Waals surface area contributed by atoms with Gasteiger partial charge in [-0.25, -0.2) is 9.78 Å². The molecule has 1 heterocycles. The molecule has 1 aromatic heterocycles. The Morgan fingerprint density at radius 2 is 2.25 bits per heavy atom. The second kappa shape index (κ2) is 5.43. The van der Waals surface area contributed by atoms with E-state index in [0.29, 0.717) is 17.4 Å². The number of hydrogen-bond donors (Lipinski definition) is 1. The minimum absolute atomic E-state index is 0.397. The highest BCUT2D eigenvalue weighted by Gasteiger charge is 2.33. The number of pyridine rings is 1. The minimum atomic E-state index is -0.843. The summed E-state index contributed by atoms with van der Waals surface area (Å²) in [6.07, 6.45) is 7.62. The van der Waals surface area contributed by atoms with E-state index in [2.05, 4.69) is 11.8 Å². The first-order valence-electron chi connectivity index (χ1n) is 7.73. The summed E-state index contributed by atoms with van der Waals surface area (Å²) in [5.41, 5.74) is 2.65. The zero-order valence-corrected chi connectivity index (χ0v) is 12.1. The Morgan fingerprint density at radius 1 is 1.45 bits per heavy atom. The number of aryl methyl sites for hydroxylation is 2. The van der Waals surface area contributed by atoms with Crippen LogP contribution in [0.5, 0.6) is 0 Å². The van der Waals surface area contributed by atoms with Gasteiger partial charge in [-0.05, 0) is 50.2 Å². The van der Waals surface area contributed by atoms with Gasteiger partial charge in [0, 0.05) is 18.3 Å². The molecule has 4 heteroatoms. The summed E-state index contributed by atoms with van der Waals surface area (Å²) in [6, 6.07) is 2.38. The number of unbranched alkanes of at least 4 members (excludes halogenated alkanes) is 1. The molecule has 4 nitrogen and oxygen atoms in total. The van der Waals surface area contributed by atoms with Crippen LogP contribution in [0.3, 0.4) is 0 Å². The van der Waals surface area contributed by atoms with Crippen LogP contribution < -0.4 is 4.90 Å². The highest BCUT2D eigenvalue weighted by atomic mass is 16.4. The fourth-order valence-electron chi connectivity index (χ4n) is 3.01. The number of carboxylic acid groups (broad SMARTS) is 1. The summed E-state index contributed by atoms with van der Waals surface area (Å²) in [6.45, 7) is 3.09. The number of hydrogen-bond acceptors (Lipinski definition) is 3. The molecular formula is C16H22N2O2. The van der Waals surface area contributed by atoms with Gasteiger partial charge in [-0.15, -0.1) is 0 Å². The van der Waals surface area contributed by atoms with Gasteiger partial charge in [0.1, 0.15) is 11.4 Å². The third kappa shape index (κ3) is 2.51. The SMILES string of the molecule is CCCCN(c1nc2c(cc1C(=O)O)CCC2)C1CC1. The molecule has 20 heavy (non-hydrogen) atoms. The Bertz CT molecular complexity index is 523. The molecule has 0 bridgehead atoms. The molecule has 1 fully saturated rings. The second-order valence-electron chi connectivity index (χ2n) is 5.90. The number of rotatable bonds is 6. The Balaban J connectivity index is 1.98. The van der Waals surface area contributed by atoms with Crippen LogP contribution in [-0.2, 0) is 12.8 Å². The van der Waals surface area contributed by atoms with E-state index in [9.17, 15) is 9.90 Å². The summed E-state index contributed by atoms with van der Waals surface area (Å²) in [7, 11) is 0. The van der Waals surface area contributed by atoms with Crippen molar-refractivity contribution in [2.24, 2.45) is 0 Å². The molecule has 108 valence electrons. The number of anilines is 1. The summed E-state index contributed by atoms with van der Waals surface area (Å²) < 4.78 is 0. The average Bonchev–Trinajstić information content (AvgIpc) is 3.16. The van der Waals surface area contributed by atoms with Crippen LogP contribution in [-0.4, -0.2) is 28.6 Å². The van der Waals surface area contributed by atoms with Gasteiger partial charge in [-0.3, -0.25) is 0 Å².